The molecule has 21 heavy (non-hydrogen) atoms. The average molecular weight is 307 g/mol. The lowest BCUT2D eigenvalue weighted by molar-refractivity contribution is 0.589. The molecule has 0 fully saturated rings. The highest BCUT2D eigenvalue weighted by Gasteiger charge is 2.12. The van der Waals surface area contributed by atoms with E-state index in [0.29, 0.717) is 12.6 Å². The van der Waals surface area contributed by atoms with Crippen LogP contribution in [0.25, 0.3) is 0 Å². The van der Waals surface area contributed by atoms with E-state index in [4.69, 9.17) is 11.6 Å². The maximum atomic E-state index is 13.1. The molecule has 0 amide bonds. The molecule has 2 nitrogen and oxygen atoms in total. The van der Waals surface area contributed by atoms with Crippen molar-refractivity contribution in [2.45, 2.75) is 26.4 Å². The fraction of sp³-hybridized carbons (Fsp3) is 0.294. The molecule has 0 aliphatic carbocycles. The first-order valence-electron chi connectivity index (χ1n) is 6.99. The number of hydrogen-bond donors (Lipinski definition) is 1. The largest absolute Gasteiger partial charge is 0.344 e. The number of nitrogens with zero attached hydrogens (tertiary/aromatic N) is 1. The fourth-order valence-electron chi connectivity index (χ4n) is 2.15. The molecule has 2 aromatic carbocycles. The van der Waals surface area contributed by atoms with Crippen molar-refractivity contribution in [1.29, 1.82) is 0 Å². The van der Waals surface area contributed by atoms with E-state index in [0.717, 1.165) is 22.0 Å². The van der Waals surface area contributed by atoms with Crippen LogP contribution in [-0.2, 0) is 6.54 Å². The van der Waals surface area contributed by atoms with E-state index in [9.17, 15) is 4.39 Å². The van der Waals surface area contributed by atoms with Gasteiger partial charge >= 0.3 is 0 Å². The highest BCUT2D eigenvalue weighted by Crippen LogP contribution is 2.31. The topological polar surface area (TPSA) is 15.3 Å². The predicted molar refractivity (Wildman–Crippen MR) is 87.9 cm³/mol. The van der Waals surface area contributed by atoms with E-state index in [-0.39, 0.29) is 5.82 Å². The van der Waals surface area contributed by atoms with Crippen LogP contribution in [0.5, 0.6) is 0 Å². The van der Waals surface area contributed by atoms with Crippen molar-refractivity contribution in [2.24, 2.45) is 0 Å². The van der Waals surface area contributed by atoms with Gasteiger partial charge in [0.1, 0.15) is 5.82 Å². The number of nitrogens with one attached hydrogen (secondary N) is 1. The molecule has 2 aromatic rings. The van der Waals surface area contributed by atoms with Crippen molar-refractivity contribution < 1.29 is 4.39 Å². The summed E-state index contributed by atoms with van der Waals surface area (Å²) in [4.78, 5) is 2.02. The first-order chi connectivity index (χ1) is 9.99. The third-order valence-electron chi connectivity index (χ3n) is 3.36. The van der Waals surface area contributed by atoms with Crippen LogP contribution >= 0.6 is 11.6 Å². The minimum Gasteiger partial charge on any atom is -0.344 e. The number of halogens is 2. The Kier molecular flexibility index (Phi) is 5.21. The van der Waals surface area contributed by atoms with E-state index in [1.165, 1.54) is 12.1 Å². The molecule has 4 heteroatoms. The fourth-order valence-corrected chi connectivity index (χ4v) is 2.38. The van der Waals surface area contributed by atoms with E-state index < -0.39 is 0 Å². The van der Waals surface area contributed by atoms with E-state index in [1.807, 2.05) is 30.1 Å². The van der Waals surface area contributed by atoms with Crippen LogP contribution in [0.3, 0.4) is 0 Å². The predicted octanol–water partition coefficient (Wildman–Crippen LogP) is 4.75. The van der Waals surface area contributed by atoms with Crippen LogP contribution in [0.4, 0.5) is 15.8 Å². The number of anilines is 2. The van der Waals surface area contributed by atoms with Gasteiger partial charge in [-0.2, -0.15) is 0 Å². The van der Waals surface area contributed by atoms with Crippen LogP contribution in [-0.4, -0.2) is 13.1 Å². The molecule has 0 aliphatic heterocycles. The molecule has 112 valence electrons. The summed E-state index contributed by atoms with van der Waals surface area (Å²) >= 11 is 6.34. The van der Waals surface area contributed by atoms with Gasteiger partial charge in [-0.1, -0.05) is 31.5 Å². The van der Waals surface area contributed by atoms with Crippen LogP contribution in [0.15, 0.2) is 42.5 Å². The lowest BCUT2D eigenvalue weighted by atomic mass is 10.1. The molecule has 1 N–H and O–H groups in total. The maximum absolute atomic E-state index is 13.1. The summed E-state index contributed by atoms with van der Waals surface area (Å²) < 4.78 is 13.1. The first-order valence-corrected chi connectivity index (χ1v) is 7.37. The van der Waals surface area contributed by atoms with Crippen molar-refractivity contribution in [3.63, 3.8) is 0 Å². The summed E-state index contributed by atoms with van der Waals surface area (Å²) in [6.07, 6.45) is 0. The zero-order chi connectivity index (χ0) is 15.4. The number of rotatable bonds is 5. The Hall–Kier alpha value is -1.58. The van der Waals surface area contributed by atoms with Gasteiger partial charge in [0.2, 0.25) is 0 Å². The highest BCUT2D eigenvalue weighted by atomic mass is 35.5. The standard InChI is InChI=1S/C17H20ClFN2/c1-12(2)20-11-15-16(18)5-4-6-17(15)21(3)14-9-7-13(19)8-10-14/h4-10,12,20H,11H2,1-3H3. The summed E-state index contributed by atoms with van der Waals surface area (Å²) in [5.41, 5.74) is 2.98. The lowest BCUT2D eigenvalue weighted by Gasteiger charge is -2.24. The molecule has 0 atom stereocenters. The molecule has 0 saturated carbocycles. The molecule has 0 radical (unpaired) electrons. The summed E-state index contributed by atoms with van der Waals surface area (Å²) in [5.74, 6) is -0.236. The van der Waals surface area contributed by atoms with Crippen LogP contribution in [0.2, 0.25) is 5.02 Å². The van der Waals surface area contributed by atoms with Gasteiger partial charge in [0.15, 0.2) is 0 Å². The quantitative estimate of drug-likeness (QED) is 0.858. The molecule has 0 saturated heterocycles. The van der Waals surface area contributed by atoms with Crippen LogP contribution in [0, 0.1) is 5.82 Å². The molecule has 0 aliphatic rings. The van der Waals surface area contributed by atoms with Gasteiger partial charge < -0.3 is 10.2 Å². The van der Waals surface area contributed by atoms with Gasteiger partial charge in [-0.15, -0.1) is 0 Å². The summed E-state index contributed by atoms with van der Waals surface area (Å²) in [6, 6.07) is 12.7. The Bertz CT molecular complexity index is 596. The monoisotopic (exact) mass is 306 g/mol. The Morgan fingerprint density at radius 1 is 1.14 bits per heavy atom. The Morgan fingerprint density at radius 2 is 1.81 bits per heavy atom. The molecular formula is C17H20ClFN2. The van der Waals surface area contributed by atoms with Crippen molar-refractivity contribution >= 4 is 23.0 Å². The molecule has 0 heterocycles. The second-order valence-corrected chi connectivity index (χ2v) is 5.72. The van der Waals surface area contributed by atoms with Crippen molar-refractivity contribution in [3.05, 3.63) is 58.9 Å². The molecular weight excluding hydrogens is 287 g/mol. The first kappa shape index (κ1) is 15.8. The van der Waals surface area contributed by atoms with Gasteiger partial charge in [0.25, 0.3) is 0 Å². The molecule has 0 unspecified atom stereocenters. The third kappa shape index (κ3) is 3.96. The minimum absolute atomic E-state index is 0.236. The molecule has 0 aromatic heterocycles. The SMILES string of the molecule is CC(C)NCc1c(Cl)cccc1N(C)c1ccc(F)cc1. The zero-order valence-electron chi connectivity index (χ0n) is 12.5. The van der Waals surface area contributed by atoms with Crippen LogP contribution < -0.4 is 10.2 Å². The smallest absolute Gasteiger partial charge is 0.123 e. The van der Waals surface area contributed by atoms with E-state index in [2.05, 4.69) is 19.2 Å². The number of hydrogen-bond acceptors (Lipinski definition) is 2. The van der Waals surface area contributed by atoms with Crippen molar-refractivity contribution in [3.8, 4) is 0 Å². The minimum atomic E-state index is -0.236. The zero-order valence-corrected chi connectivity index (χ0v) is 13.3. The highest BCUT2D eigenvalue weighted by molar-refractivity contribution is 6.31. The second kappa shape index (κ2) is 6.92. The maximum Gasteiger partial charge on any atom is 0.123 e. The average Bonchev–Trinajstić information content (AvgIpc) is 2.45. The molecule has 2 rings (SSSR count). The Balaban J connectivity index is 2.33. The van der Waals surface area contributed by atoms with Gasteiger partial charge in [-0.3, -0.25) is 0 Å². The van der Waals surface area contributed by atoms with Gasteiger partial charge in [0, 0.05) is 41.6 Å². The number of benzene rings is 2. The normalized spacial score (nSPS) is 11.0. The summed E-state index contributed by atoms with van der Waals surface area (Å²) in [6.45, 7) is 4.89. The van der Waals surface area contributed by atoms with E-state index >= 15 is 0 Å². The van der Waals surface area contributed by atoms with Gasteiger partial charge in [-0.05, 0) is 36.4 Å². The van der Waals surface area contributed by atoms with Crippen molar-refractivity contribution in [2.75, 3.05) is 11.9 Å². The summed E-state index contributed by atoms with van der Waals surface area (Å²) in [5, 5.41) is 4.12. The Labute approximate surface area is 130 Å². The third-order valence-corrected chi connectivity index (χ3v) is 3.71. The van der Waals surface area contributed by atoms with Gasteiger partial charge in [0.05, 0.1) is 0 Å². The summed E-state index contributed by atoms with van der Waals surface area (Å²) in [7, 11) is 1.96. The van der Waals surface area contributed by atoms with Gasteiger partial charge in [-0.25, -0.2) is 4.39 Å². The second-order valence-electron chi connectivity index (χ2n) is 5.31. The van der Waals surface area contributed by atoms with Crippen molar-refractivity contribution in [1.82, 2.24) is 5.32 Å². The molecule has 0 spiro atoms. The van der Waals surface area contributed by atoms with Crippen LogP contribution in [0.1, 0.15) is 19.4 Å². The lowest BCUT2D eigenvalue weighted by Crippen LogP contribution is -2.23. The molecule has 0 bridgehead atoms. The van der Waals surface area contributed by atoms with E-state index in [1.54, 1.807) is 12.1 Å². The Morgan fingerprint density at radius 3 is 2.43 bits per heavy atom.